The molecule has 0 amide bonds. The van der Waals surface area contributed by atoms with Gasteiger partial charge in [-0.15, -0.1) is 0 Å². The van der Waals surface area contributed by atoms with Gasteiger partial charge in [0.25, 0.3) is 0 Å². The number of carbonyl (C=O) groups excluding carboxylic acids is 1. The van der Waals surface area contributed by atoms with Crippen molar-refractivity contribution in [3.05, 3.63) is 27.2 Å². The van der Waals surface area contributed by atoms with E-state index in [1.807, 2.05) is 0 Å². The van der Waals surface area contributed by atoms with E-state index in [-0.39, 0.29) is 5.71 Å². The Balaban J connectivity index is 2.93. The SMILES string of the molecule is CCOC(=O)C(CC)=NNc1c(Cl)cc(Cl)cc1Cl. The molecule has 0 atom stereocenters. The van der Waals surface area contributed by atoms with E-state index in [0.717, 1.165) is 0 Å². The van der Waals surface area contributed by atoms with E-state index in [2.05, 4.69) is 10.5 Å². The van der Waals surface area contributed by atoms with Crippen molar-refractivity contribution >= 4 is 52.2 Å². The minimum absolute atomic E-state index is 0.254. The molecule has 0 aliphatic rings. The summed E-state index contributed by atoms with van der Waals surface area (Å²) in [6, 6.07) is 3.06. The van der Waals surface area contributed by atoms with Crippen molar-refractivity contribution in [2.75, 3.05) is 12.0 Å². The van der Waals surface area contributed by atoms with E-state index >= 15 is 0 Å². The smallest absolute Gasteiger partial charge is 0.354 e. The second-order valence-electron chi connectivity index (χ2n) is 3.49. The molecule has 0 radical (unpaired) electrons. The topological polar surface area (TPSA) is 50.7 Å². The van der Waals surface area contributed by atoms with Gasteiger partial charge in [-0.05, 0) is 25.5 Å². The van der Waals surface area contributed by atoms with Crippen LogP contribution >= 0.6 is 34.8 Å². The summed E-state index contributed by atoms with van der Waals surface area (Å²) in [5, 5.41) is 5.02. The quantitative estimate of drug-likeness (QED) is 0.497. The van der Waals surface area contributed by atoms with E-state index < -0.39 is 5.97 Å². The Morgan fingerprint density at radius 2 is 1.84 bits per heavy atom. The lowest BCUT2D eigenvalue weighted by molar-refractivity contribution is -0.135. The van der Waals surface area contributed by atoms with Crippen molar-refractivity contribution in [2.45, 2.75) is 20.3 Å². The molecule has 0 fully saturated rings. The molecule has 19 heavy (non-hydrogen) atoms. The van der Waals surface area contributed by atoms with Crippen LogP contribution in [0.1, 0.15) is 20.3 Å². The van der Waals surface area contributed by atoms with Crippen LogP contribution in [0.2, 0.25) is 15.1 Å². The van der Waals surface area contributed by atoms with Gasteiger partial charge in [0.2, 0.25) is 0 Å². The third-order valence-corrected chi connectivity index (χ3v) is 2.97. The molecule has 7 heteroatoms. The summed E-state index contributed by atoms with van der Waals surface area (Å²) in [7, 11) is 0. The Bertz CT molecular complexity index is 481. The number of nitrogens with one attached hydrogen (secondary N) is 1. The largest absolute Gasteiger partial charge is 0.461 e. The normalized spacial score (nSPS) is 11.3. The highest BCUT2D eigenvalue weighted by Crippen LogP contribution is 2.33. The summed E-state index contributed by atoms with van der Waals surface area (Å²) in [6.45, 7) is 3.81. The van der Waals surface area contributed by atoms with Gasteiger partial charge in [-0.2, -0.15) is 5.10 Å². The number of nitrogens with zero attached hydrogens (tertiary/aromatic N) is 1. The Morgan fingerprint density at radius 3 is 2.32 bits per heavy atom. The lowest BCUT2D eigenvalue weighted by Gasteiger charge is -2.08. The molecule has 1 N–H and O–H groups in total. The molecule has 0 heterocycles. The molecule has 1 aromatic rings. The molecule has 0 aliphatic carbocycles. The molecule has 0 unspecified atom stereocenters. The molecule has 0 aliphatic heterocycles. The molecule has 104 valence electrons. The van der Waals surface area contributed by atoms with Crippen LogP contribution in [0.3, 0.4) is 0 Å². The number of esters is 1. The van der Waals surface area contributed by atoms with Gasteiger partial charge in [-0.3, -0.25) is 5.43 Å². The summed E-state index contributed by atoms with van der Waals surface area (Å²) in [5.41, 5.74) is 3.31. The van der Waals surface area contributed by atoms with Gasteiger partial charge >= 0.3 is 5.97 Å². The highest BCUT2D eigenvalue weighted by atomic mass is 35.5. The van der Waals surface area contributed by atoms with E-state index in [0.29, 0.717) is 33.8 Å². The van der Waals surface area contributed by atoms with E-state index in [1.54, 1.807) is 13.8 Å². The van der Waals surface area contributed by atoms with Crippen molar-refractivity contribution in [1.29, 1.82) is 0 Å². The first kappa shape index (κ1) is 16.1. The zero-order valence-corrected chi connectivity index (χ0v) is 12.7. The lowest BCUT2D eigenvalue weighted by Crippen LogP contribution is -2.18. The number of hydrogen-bond donors (Lipinski definition) is 1. The fraction of sp³-hybridized carbons (Fsp3) is 0.333. The second kappa shape index (κ2) is 7.58. The average molecular weight is 324 g/mol. The number of ether oxygens (including phenoxy) is 1. The maximum absolute atomic E-state index is 11.5. The number of halogens is 3. The molecule has 1 rings (SSSR count). The summed E-state index contributed by atoms with van der Waals surface area (Å²) >= 11 is 17.8. The maximum atomic E-state index is 11.5. The summed E-state index contributed by atoms with van der Waals surface area (Å²) in [5.74, 6) is -0.473. The van der Waals surface area contributed by atoms with Crippen LogP contribution in [-0.4, -0.2) is 18.3 Å². The molecular weight excluding hydrogens is 311 g/mol. The van der Waals surface area contributed by atoms with E-state index in [1.165, 1.54) is 12.1 Å². The van der Waals surface area contributed by atoms with Gasteiger partial charge < -0.3 is 4.74 Å². The third kappa shape index (κ3) is 4.56. The van der Waals surface area contributed by atoms with Crippen molar-refractivity contribution in [1.82, 2.24) is 0 Å². The number of hydrogen-bond acceptors (Lipinski definition) is 4. The van der Waals surface area contributed by atoms with Gasteiger partial charge in [-0.1, -0.05) is 41.7 Å². The molecule has 0 saturated heterocycles. The zero-order chi connectivity index (χ0) is 14.4. The van der Waals surface area contributed by atoms with Crippen molar-refractivity contribution in [3.8, 4) is 0 Å². The van der Waals surface area contributed by atoms with Gasteiger partial charge in [0.15, 0.2) is 0 Å². The summed E-state index contributed by atoms with van der Waals surface area (Å²) in [6.07, 6.45) is 0.425. The fourth-order valence-corrected chi connectivity index (χ4v) is 2.16. The van der Waals surface area contributed by atoms with E-state index in [4.69, 9.17) is 39.5 Å². The molecule has 4 nitrogen and oxygen atoms in total. The predicted octanol–water partition coefficient (Wildman–Crippen LogP) is 4.39. The van der Waals surface area contributed by atoms with E-state index in [9.17, 15) is 4.79 Å². The number of benzene rings is 1. The van der Waals surface area contributed by atoms with Crippen LogP contribution < -0.4 is 5.43 Å². The Kier molecular flexibility index (Phi) is 6.42. The molecule has 0 spiro atoms. The first-order valence-corrected chi connectivity index (χ1v) is 6.77. The molecule has 0 saturated carbocycles. The number of carbonyl (C=O) groups is 1. The van der Waals surface area contributed by atoms with Gasteiger partial charge in [0.05, 0.1) is 22.3 Å². The van der Waals surface area contributed by atoms with Crippen molar-refractivity contribution < 1.29 is 9.53 Å². The first-order valence-electron chi connectivity index (χ1n) is 5.63. The van der Waals surface area contributed by atoms with Crippen LogP contribution in [0.5, 0.6) is 0 Å². The average Bonchev–Trinajstić information content (AvgIpc) is 2.32. The van der Waals surface area contributed by atoms with Crippen LogP contribution in [0.25, 0.3) is 0 Å². The minimum atomic E-state index is -0.473. The van der Waals surface area contributed by atoms with Crippen LogP contribution in [0, 0.1) is 0 Å². The standard InChI is InChI=1S/C12H13Cl3N2O2/c1-3-10(12(18)19-4-2)16-17-11-8(14)5-7(13)6-9(11)15/h5-6,17H,3-4H2,1-2H3. The van der Waals surface area contributed by atoms with Crippen LogP contribution in [-0.2, 0) is 9.53 Å². The summed E-state index contributed by atoms with van der Waals surface area (Å²) < 4.78 is 4.87. The number of rotatable bonds is 5. The first-order chi connectivity index (χ1) is 8.99. The van der Waals surface area contributed by atoms with Crippen LogP contribution in [0.15, 0.2) is 17.2 Å². The van der Waals surface area contributed by atoms with Gasteiger partial charge in [0.1, 0.15) is 5.71 Å². The fourth-order valence-electron chi connectivity index (χ4n) is 1.26. The van der Waals surface area contributed by atoms with Gasteiger partial charge in [0, 0.05) is 5.02 Å². The highest BCUT2D eigenvalue weighted by Gasteiger charge is 2.12. The molecule has 0 bridgehead atoms. The Morgan fingerprint density at radius 1 is 1.26 bits per heavy atom. The summed E-state index contributed by atoms with van der Waals surface area (Å²) in [4.78, 5) is 11.5. The lowest BCUT2D eigenvalue weighted by atomic mass is 10.3. The van der Waals surface area contributed by atoms with Crippen LogP contribution in [0.4, 0.5) is 5.69 Å². The highest BCUT2D eigenvalue weighted by molar-refractivity contribution is 6.42. The second-order valence-corrected chi connectivity index (χ2v) is 4.74. The maximum Gasteiger partial charge on any atom is 0.354 e. The monoisotopic (exact) mass is 322 g/mol. The number of anilines is 1. The van der Waals surface area contributed by atoms with Crippen molar-refractivity contribution in [3.63, 3.8) is 0 Å². The zero-order valence-electron chi connectivity index (χ0n) is 10.5. The van der Waals surface area contributed by atoms with Gasteiger partial charge in [-0.25, -0.2) is 4.79 Å². The molecule has 0 aromatic heterocycles. The third-order valence-electron chi connectivity index (χ3n) is 2.16. The number of hydrazone groups is 1. The van der Waals surface area contributed by atoms with Crippen molar-refractivity contribution in [2.24, 2.45) is 5.10 Å². The predicted molar refractivity (Wildman–Crippen MR) is 79.5 cm³/mol. The molecule has 1 aromatic carbocycles. The Hall–Kier alpha value is -0.970. The molecular formula is C12H13Cl3N2O2. The Labute approximate surface area is 126 Å². The minimum Gasteiger partial charge on any atom is -0.461 e.